The quantitative estimate of drug-likeness (QED) is 0.875. The number of likely N-dealkylation sites (tertiary alicyclic amines) is 1. The molecule has 2 rings (SSSR count). The van der Waals surface area contributed by atoms with E-state index in [2.05, 4.69) is 43.9 Å². The van der Waals surface area contributed by atoms with Gasteiger partial charge >= 0.3 is 0 Å². The average Bonchev–Trinajstić information content (AvgIpc) is 2.82. The summed E-state index contributed by atoms with van der Waals surface area (Å²) in [6, 6.07) is 7.12. The van der Waals surface area contributed by atoms with E-state index in [-0.39, 0.29) is 6.10 Å². The molecule has 2 heteroatoms. The summed E-state index contributed by atoms with van der Waals surface area (Å²) < 4.78 is 0. The Labute approximate surface area is 117 Å². The highest BCUT2D eigenvalue weighted by Gasteiger charge is 2.23. The van der Waals surface area contributed by atoms with Crippen LogP contribution in [-0.2, 0) is 0 Å². The number of rotatable bonds is 5. The summed E-state index contributed by atoms with van der Waals surface area (Å²) in [6.45, 7) is 8.68. The molecule has 1 aliphatic heterocycles. The van der Waals surface area contributed by atoms with Gasteiger partial charge in [0.1, 0.15) is 0 Å². The number of nitrogens with zero attached hydrogens (tertiary/aromatic N) is 1. The molecular formula is C17H27NO. The highest BCUT2D eigenvalue weighted by atomic mass is 16.3. The van der Waals surface area contributed by atoms with Gasteiger partial charge in [0.15, 0.2) is 0 Å². The monoisotopic (exact) mass is 261 g/mol. The number of hydrogen-bond acceptors (Lipinski definition) is 2. The minimum absolute atomic E-state index is 0.322. The molecule has 19 heavy (non-hydrogen) atoms. The first kappa shape index (κ1) is 14.5. The van der Waals surface area contributed by atoms with Crippen LogP contribution in [0.1, 0.15) is 55.4 Å². The molecule has 2 atom stereocenters. The Balaban J connectivity index is 1.91. The van der Waals surface area contributed by atoms with Crippen LogP contribution in [0.5, 0.6) is 0 Å². The predicted molar refractivity (Wildman–Crippen MR) is 80.4 cm³/mol. The fourth-order valence-electron chi connectivity index (χ4n) is 3.31. The lowest BCUT2D eigenvalue weighted by molar-refractivity contribution is 0.137. The summed E-state index contributed by atoms with van der Waals surface area (Å²) in [6.07, 6.45) is 4.41. The molecule has 1 N–H and O–H groups in total. The second kappa shape index (κ2) is 6.53. The standard InChI is InChI=1S/C17H27NO/c1-4-16-6-5-8-18(16)9-7-17(19)15-11-13(2)10-14(3)12-15/h10-12,16-17,19H,4-9H2,1-3H3. The van der Waals surface area contributed by atoms with Crippen molar-refractivity contribution in [1.82, 2.24) is 4.90 Å². The Bertz CT molecular complexity index is 395. The summed E-state index contributed by atoms with van der Waals surface area (Å²) in [5.41, 5.74) is 3.55. The van der Waals surface area contributed by atoms with Crippen LogP contribution in [0.25, 0.3) is 0 Å². The Kier molecular flexibility index (Phi) is 5.00. The van der Waals surface area contributed by atoms with Crippen LogP contribution in [0.4, 0.5) is 0 Å². The van der Waals surface area contributed by atoms with E-state index >= 15 is 0 Å². The summed E-state index contributed by atoms with van der Waals surface area (Å²) in [4.78, 5) is 2.55. The van der Waals surface area contributed by atoms with E-state index < -0.39 is 0 Å². The van der Waals surface area contributed by atoms with Crippen LogP contribution in [0, 0.1) is 13.8 Å². The number of aliphatic hydroxyl groups is 1. The minimum Gasteiger partial charge on any atom is -0.388 e. The van der Waals surface area contributed by atoms with Gasteiger partial charge in [-0.3, -0.25) is 0 Å². The second-order valence-electron chi connectivity index (χ2n) is 5.97. The van der Waals surface area contributed by atoms with E-state index in [0.717, 1.165) is 24.6 Å². The molecule has 0 aliphatic carbocycles. The normalized spacial score (nSPS) is 21.8. The van der Waals surface area contributed by atoms with Crippen LogP contribution in [0.2, 0.25) is 0 Å². The van der Waals surface area contributed by atoms with Gasteiger partial charge in [-0.15, -0.1) is 0 Å². The number of hydrogen-bond donors (Lipinski definition) is 1. The van der Waals surface area contributed by atoms with Crippen molar-refractivity contribution in [2.45, 2.75) is 58.6 Å². The second-order valence-corrected chi connectivity index (χ2v) is 5.97. The molecule has 0 radical (unpaired) electrons. The molecule has 0 saturated carbocycles. The van der Waals surface area contributed by atoms with Gasteiger partial charge in [-0.05, 0) is 51.6 Å². The van der Waals surface area contributed by atoms with E-state index in [1.165, 1.54) is 36.9 Å². The summed E-state index contributed by atoms with van der Waals surface area (Å²) >= 11 is 0. The molecular weight excluding hydrogens is 234 g/mol. The number of aryl methyl sites for hydroxylation is 2. The van der Waals surface area contributed by atoms with Gasteiger partial charge in [0, 0.05) is 12.6 Å². The molecule has 1 fully saturated rings. The summed E-state index contributed by atoms with van der Waals surface area (Å²) in [7, 11) is 0. The minimum atomic E-state index is -0.322. The lowest BCUT2D eigenvalue weighted by atomic mass is 10.0. The van der Waals surface area contributed by atoms with Gasteiger partial charge in [-0.2, -0.15) is 0 Å². The maximum atomic E-state index is 10.4. The third-order valence-corrected chi connectivity index (χ3v) is 4.29. The van der Waals surface area contributed by atoms with Crippen molar-refractivity contribution < 1.29 is 5.11 Å². The third kappa shape index (κ3) is 3.80. The van der Waals surface area contributed by atoms with Crippen molar-refractivity contribution in [3.05, 3.63) is 34.9 Å². The fraction of sp³-hybridized carbons (Fsp3) is 0.647. The lowest BCUT2D eigenvalue weighted by Gasteiger charge is -2.24. The van der Waals surface area contributed by atoms with E-state index in [1.807, 2.05) is 0 Å². The molecule has 106 valence electrons. The topological polar surface area (TPSA) is 23.5 Å². The van der Waals surface area contributed by atoms with Gasteiger partial charge < -0.3 is 10.0 Å². The van der Waals surface area contributed by atoms with Crippen LogP contribution >= 0.6 is 0 Å². The average molecular weight is 261 g/mol. The molecule has 1 aromatic carbocycles. The first-order valence-electron chi connectivity index (χ1n) is 7.60. The smallest absolute Gasteiger partial charge is 0.0802 e. The highest BCUT2D eigenvalue weighted by Crippen LogP contribution is 2.24. The Morgan fingerprint density at radius 3 is 2.58 bits per heavy atom. The fourth-order valence-corrected chi connectivity index (χ4v) is 3.31. The van der Waals surface area contributed by atoms with Crippen molar-refractivity contribution in [3.63, 3.8) is 0 Å². The van der Waals surface area contributed by atoms with Crippen molar-refractivity contribution in [3.8, 4) is 0 Å². The van der Waals surface area contributed by atoms with Crippen LogP contribution < -0.4 is 0 Å². The third-order valence-electron chi connectivity index (χ3n) is 4.29. The molecule has 1 aromatic rings. The lowest BCUT2D eigenvalue weighted by Crippen LogP contribution is -2.30. The zero-order valence-electron chi connectivity index (χ0n) is 12.5. The van der Waals surface area contributed by atoms with Crippen LogP contribution in [0.3, 0.4) is 0 Å². The van der Waals surface area contributed by atoms with Gasteiger partial charge in [-0.1, -0.05) is 36.2 Å². The van der Waals surface area contributed by atoms with Gasteiger partial charge in [0.25, 0.3) is 0 Å². The maximum Gasteiger partial charge on any atom is 0.0802 e. The molecule has 2 nitrogen and oxygen atoms in total. The first-order chi connectivity index (χ1) is 9.10. The zero-order chi connectivity index (χ0) is 13.8. The van der Waals surface area contributed by atoms with Crippen molar-refractivity contribution in [2.24, 2.45) is 0 Å². The molecule has 0 aromatic heterocycles. The van der Waals surface area contributed by atoms with Crippen LogP contribution in [0.15, 0.2) is 18.2 Å². The van der Waals surface area contributed by atoms with E-state index in [1.54, 1.807) is 0 Å². The van der Waals surface area contributed by atoms with Crippen molar-refractivity contribution in [1.29, 1.82) is 0 Å². The van der Waals surface area contributed by atoms with E-state index in [0.29, 0.717) is 0 Å². The first-order valence-corrected chi connectivity index (χ1v) is 7.60. The van der Waals surface area contributed by atoms with Gasteiger partial charge in [-0.25, -0.2) is 0 Å². The molecule has 2 unspecified atom stereocenters. The molecule has 0 spiro atoms. The Morgan fingerprint density at radius 1 is 1.26 bits per heavy atom. The molecule has 1 saturated heterocycles. The molecule has 1 heterocycles. The van der Waals surface area contributed by atoms with Crippen molar-refractivity contribution in [2.75, 3.05) is 13.1 Å². The number of benzene rings is 1. The maximum absolute atomic E-state index is 10.4. The molecule has 0 amide bonds. The molecule has 1 aliphatic rings. The number of aliphatic hydroxyl groups excluding tert-OH is 1. The molecule has 0 bridgehead atoms. The summed E-state index contributed by atoms with van der Waals surface area (Å²) in [5, 5.41) is 10.4. The highest BCUT2D eigenvalue weighted by molar-refractivity contribution is 5.29. The van der Waals surface area contributed by atoms with Crippen LogP contribution in [-0.4, -0.2) is 29.1 Å². The van der Waals surface area contributed by atoms with E-state index in [9.17, 15) is 5.11 Å². The largest absolute Gasteiger partial charge is 0.388 e. The Morgan fingerprint density at radius 2 is 1.95 bits per heavy atom. The predicted octanol–water partition coefficient (Wildman–Crippen LogP) is 3.60. The zero-order valence-corrected chi connectivity index (χ0v) is 12.5. The van der Waals surface area contributed by atoms with Gasteiger partial charge in [0.2, 0.25) is 0 Å². The van der Waals surface area contributed by atoms with E-state index in [4.69, 9.17) is 0 Å². The Hall–Kier alpha value is -0.860. The van der Waals surface area contributed by atoms with Crippen molar-refractivity contribution >= 4 is 0 Å². The summed E-state index contributed by atoms with van der Waals surface area (Å²) in [5.74, 6) is 0. The SMILES string of the molecule is CCC1CCCN1CCC(O)c1cc(C)cc(C)c1. The van der Waals surface area contributed by atoms with Gasteiger partial charge in [0.05, 0.1) is 6.10 Å².